The van der Waals surface area contributed by atoms with Crippen LogP contribution in [0.2, 0.25) is 0 Å². The van der Waals surface area contributed by atoms with E-state index in [9.17, 15) is 4.79 Å². The van der Waals surface area contributed by atoms with Gasteiger partial charge in [0.25, 0.3) is 0 Å². The number of hydrogen-bond donors (Lipinski definition) is 1. The molecular formula is C16H19N5O3. The lowest BCUT2D eigenvalue weighted by atomic mass is 10.1. The van der Waals surface area contributed by atoms with Crippen molar-refractivity contribution in [1.29, 1.82) is 0 Å². The molecule has 0 unspecified atom stereocenters. The fourth-order valence-corrected chi connectivity index (χ4v) is 3.02. The van der Waals surface area contributed by atoms with Gasteiger partial charge in [0.1, 0.15) is 5.69 Å². The van der Waals surface area contributed by atoms with Crippen molar-refractivity contribution in [2.24, 2.45) is 5.92 Å². The molecule has 0 aromatic carbocycles. The molecule has 1 fully saturated rings. The Morgan fingerprint density at radius 2 is 2.42 bits per heavy atom. The maximum atomic E-state index is 12.0. The van der Waals surface area contributed by atoms with Gasteiger partial charge in [-0.15, -0.1) is 5.10 Å². The van der Waals surface area contributed by atoms with Crippen molar-refractivity contribution < 1.29 is 14.3 Å². The van der Waals surface area contributed by atoms with E-state index in [0.29, 0.717) is 32.9 Å². The van der Waals surface area contributed by atoms with Crippen LogP contribution in [0.1, 0.15) is 12.1 Å². The van der Waals surface area contributed by atoms with Gasteiger partial charge >= 0.3 is 0 Å². The zero-order chi connectivity index (χ0) is 16.4. The Bertz CT molecular complexity index is 712. The number of pyridine rings is 1. The van der Waals surface area contributed by atoms with Crippen LogP contribution in [0.15, 0.2) is 24.5 Å². The highest BCUT2D eigenvalue weighted by Gasteiger charge is 2.27. The lowest BCUT2D eigenvalue weighted by molar-refractivity contribution is -0.126. The topological polar surface area (TPSA) is 91.2 Å². The zero-order valence-electron chi connectivity index (χ0n) is 13.2. The van der Waals surface area contributed by atoms with Crippen LogP contribution in [0.25, 0.3) is 11.3 Å². The number of carbonyl (C=O) groups excluding carboxylic acids is 1. The second kappa shape index (κ2) is 6.66. The number of rotatable bonds is 4. The van der Waals surface area contributed by atoms with E-state index in [1.165, 1.54) is 0 Å². The summed E-state index contributed by atoms with van der Waals surface area (Å²) < 4.78 is 13.0. The van der Waals surface area contributed by atoms with E-state index in [2.05, 4.69) is 20.6 Å². The molecule has 126 valence electrons. The number of nitrogens with one attached hydrogen (secondary N) is 1. The van der Waals surface area contributed by atoms with Gasteiger partial charge in [0, 0.05) is 31.1 Å². The fourth-order valence-electron chi connectivity index (χ4n) is 3.02. The summed E-state index contributed by atoms with van der Waals surface area (Å²) in [6, 6.07) is 3.82. The van der Waals surface area contributed by atoms with Crippen molar-refractivity contribution in [2.75, 3.05) is 19.8 Å². The number of carbonyl (C=O) groups is 1. The number of fused-ring (bicyclic) bond motifs is 1. The van der Waals surface area contributed by atoms with Crippen LogP contribution in [0, 0.1) is 5.92 Å². The predicted octanol–water partition coefficient (Wildman–Crippen LogP) is 0.392. The number of hydrogen-bond acceptors (Lipinski definition) is 6. The molecule has 2 aliphatic rings. The van der Waals surface area contributed by atoms with Gasteiger partial charge in [0.15, 0.2) is 0 Å². The van der Waals surface area contributed by atoms with Gasteiger partial charge in [-0.2, -0.15) is 0 Å². The van der Waals surface area contributed by atoms with Crippen LogP contribution in [0.3, 0.4) is 0 Å². The normalized spacial score (nSPS) is 23.0. The van der Waals surface area contributed by atoms with Gasteiger partial charge in [-0.1, -0.05) is 5.21 Å². The minimum absolute atomic E-state index is 0.0345. The first-order valence-corrected chi connectivity index (χ1v) is 8.11. The van der Waals surface area contributed by atoms with Gasteiger partial charge in [-0.3, -0.25) is 9.78 Å². The average molecular weight is 329 g/mol. The summed E-state index contributed by atoms with van der Waals surface area (Å²) in [6.45, 7) is 2.64. The number of amides is 1. The third-order valence-corrected chi connectivity index (χ3v) is 4.41. The van der Waals surface area contributed by atoms with Crippen LogP contribution < -0.4 is 5.32 Å². The van der Waals surface area contributed by atoms with Crippen molar-refractivity contribution in [1.82, 2.24) is 25.3 Å². The van der Waals surface area contributed by atoms with Gasteiger partial charge in [0.05, 0.1) is 37.5 Å². The first-order chi connectivity index (χ1) is 11.8. The van der Waals surface area contributed by atoms with Crippen molar-refractivity contribution >= 4 is 5.91 Å². The summed E-state index contributed by atoms with van der Waals surface area (Å²) in [4.78, 5) is 16.1. The smallest absolute Gasteiger partial charge is 0.225 e. The van der Waals surface area contributed by atoms with E-state index >= 15 is 0 Å². The molecule has 24 heavy (non-hydrogen) atoms. The summed E-state index contributed by atoms with van der Waals surface area (Å²) in [5.74, 6) is 0.00393. The molecule has 1 saturated heterocycles. The molecule has 8 heteroatoms. The largest absolute Gasteiger partial charge is 0.381 e. The average Bonchev–Trinajstić information content (AvgIpc) is 3.30. The molecule has 0 bridgehead atoms. The summed E-state index contributed by atoms with van der Waals surface area (Å²) in [7, 11) is 0. The Labute approximate surface area is 139 Å². The van der Waals surface area contributed by atoms with E-state index < -0.39 is 0 Å². The molecule has 0 spiro atoms. The highest BCUT2D eigenvalue weighted by atomic mass is 16.5. The molecular weight excluding hydrogens is 310 g/mol. The van der Waals surface area contributed by atoms with Crippen molar-refractivity contribution in [3.8, 4) is 11.3 Å². The third kappa shape index (κ3) is 3.02. The maximum absolute atomic E-state index is 12.0. The van der Waals surface area contributed by atoms with E-state index in [1.54, 1.807) is 12.4 Å². The van der Waals surface area contributed by atoms with Crippen LogP contribution in [0.5, 0.6) is 0 Å². The van der Waals surface area contributed by atoms with Crippen LogP contribution in [0.4, 0.5) is 0 Å². The molecule has 4 rings (SSSR count). The Hall–Kier alpha value is -2.32. The highest BCUT2D eigenvalue weighted by Crippen LogP contribution is 2.24. The fraction of sp³-hybridized carbons (Fsp3) is 0.500. The van der Waals surface area contributed by atoms with E-state index in [0.717, 1.165) is 23.4 Å². The number of aromatic nitrogens is 4. The monoisotopic (exact) mass is 329 g/mol. The lowest BCUT2D eigenvalue weighted by Gasteiger charge is -2.24. The van der Waals surface area contributed by atoms with Gasteiger partial charge < -0.3 is 14.8 Å². The van der Waals surface area contributed by atoms with Crippen LogP contribution in [-0.2, 0) is 27.4 Å². The molecule has 1 amide bonds. The number of ether oxygens (including phenoxy) is 2. The molecule has 2 aliphatic heterocycles. The van der Waals surface area contributed by atoms with Crippen molar-refractivity contribution in [3.63, 3.8) is 0 Å². The Morgan fingerprint density at radius 1 is 1.46 bits per heavy atom. The third-order valence-electron chi connectivity index (χ3n) is 4.41. The lowest BCUT2D eigenvalue weighted by Crippen LogP contribution is -2.41. The molecule has 0 radical (unpaired) electrons. The van der Waals surface area contributed by atoms with Crippen molar-refractivity contribution in [2.45, 2.75) is 25.7 Å². The van der Waals surface area contributed by atoms with Gasteiger partial charge in [-0.25, -0.2) is 4.68 Å². The maximum Gasteiger partial charge on any atom is 0.225 e. The minimum Gasteiger partial charge on any atom is -0.381 e. The molecule has 2 aromatic rings. The molecule has 0 aliphatic carbocycles. The summed E-state index contributed by atoms with van der Waals surface area (Å²) >= 11 is 0. The second-order valence-electron chi connectivity index (χ2n) is 6.05. The van der Waals surface area contributed by atoms with Crippen LogP contribution in [-0.4, -0.2) is 51.7 Å². The molecule has 4 heterocycles. The first-order valence-electron chi connectivity index (χ1n) is 8.11. The molecule has 1 N–H and O–H groups in total. The molecule has 2 aromatic heterocycles. The highest BCUT2D eigenvalue weighted by molar-refractivity contribution is 5.79. The summed E-state index contributed by atoms with van der Waals surface area (Å²) in [5.41, 5.74) is 2.67. The van der Waals surface area contributed by atoms with Gasteiger partial charge in [-0.05, 0) is 18.6 Å². The second-order valence-corrected chi connectivity index (χ2v) is 6.05. The predicted molar refractivity (Wildman–Crippen MR) is 83.8 cm³/mol. The Morgan fingerprint density at radius 3 is 3.21 bits per heavy atom. The number of nitrogens with zero attached hydrogens (tertiary/aromatic N) is 4. The Kier molecular flexibility index (Phi) is 4.22. The van der Waals surface area contributed by atoms with Crippen LogP contribution >= 0.6 is 0 Å². The quantitative estimate of drug-likeness (QED) is 0.873. The summed E-state index contributed by atoms with van der Waals surface area (Å²) in [5, 5.41) is 11.4. The minimum atomic E-state index is -0.104. The SMILES string of the molecule is O=C(NC[C@H]1Cn2nnc(-c3cccnc3)c2CO1)[C@H]1CCOC1. The van der Waals surface area contributed by atoms with E-state index in [4.69, 9.17) is 9.47 Å². The standard InChI is InChI=1S/C16H19N5O3/c22-16(12-3-5-23-9-12)18-7-13-8-21-14(10-24-13)15(19-20-21)11-2-1-4-17-6-11/h1-2,4,6,12-13H,3,5,7-10H2,(H,18,22)/t12-,13-/m0/s1. The molecule has 0 saturated carbocycles. The van der Waals surface area contributed by atoms with Crippen molar-refractivity contribution in [3.05, 3.63) is 30.2 Å². The molecule has 8 nitrogen and oxygen atoms in total. The first kappa shape index (κ1) is 15.2. The summed E-state index contributed by atoms with van der Waals surface area (Å²) in [6.07, 6.45) is 4.18. The van der Waals surface area contributed by atoms with Gasteiger partial charge in [0.2, 0.25) is 5.91 Å². The van der Waals surface area contributed by atoms with E-state index in [-0.39, 0.29) is 17.9 Å². The Balaban J connectivity index is 1.38. The van der Waals surface area contributed by atoms with E-state index in [1.807, 2.05) is 16.8 Å². The molecule has 2 atom stereocenters. The zero-order valence-corrected chi connectivity index (χ0v) is 13.2.